The minimum absolute atomic E-state index is 0.778. The largest absolute Gasteiger partial charge is 0.316 e. The van der Waals surface area contributed by atoms with Crippen LogP contribution < -0.4 is 5.32 Å². The van der Waals surface area contributed by atoms with Crippen LogP contribution in [0, 0.1) is 6.92 Å². The lowest BCUT2D eigenvalue weighted by atomic mass is 10.4. The van der Waals surface area contributed by atoms with Gasteiger partial charge in [0.1, 0.15) is 5.82 Å². The summed E-state index contributed by atoms with van der Waals surface area (Å²) in [6.07, 6.45) is 0. The third-order valence-electron chi connectivity index (χ3n) is 2.57. The molecule has 0 spiro atoms. The summed E-state index contributed by atoms with van der Waals surface area (Å²) in [5.41, 5.74) is 1.93. The van der Waals surface area contributed by atoms with Gasteiger partial charge in [0, 0.05) is 18.5 Å². The molecule has 3 aromatic rings. The molecule has 0 aliphatic carbocycles. The molecule has 0 aliphatic heterocycles. The molecule has 1 N–H and O–H groups in total. The zero-order chi connectivity index (χ0) is 13.4. The van der Waals surface area contributed by atoms with Crippen molar-refractivity contribution in [1.82, 2.24) is 14.8 Å². The topological polar surface area (TPSA) is 42.7 Å². The van der Waals surface area contributed by atoms with Gasteiger partial charge in [0.2, 0.25) is 0 Å². The highest BCUT2D eigenvalue weighted by Gasteiger charge is 2.09. The average molecular weight is 311 g/mol. The molecule has 0 saturated heterocycles. The van der Waals surface area contributed by atoms with Crippen LogP contribution in [0.4, 0.5) is 10.9 Å². The molecule has 0 aromatic carbocycles. The van der Waals surface area contributed by atoms with Gasteiger partial charge in [0.15, 0.2) is 5.13 Å². The molecular weight excluding hydrogens is 300 g/mol. The van der Waals surface area contributed by atoms with Gasteiger partial charge in [-0.05, 0) is 19.1 Å². The van der Waals surface area contributed by atoms with E-state index in [9.17, 15) is 0 Å². The Hall–Kier alpha value is -1.37. The van der Waals surface area contributed by atoms with Crippen LogP contribution in [0.15, 0.2) is 23.6 Å². The fourth-order valence-corrected chi connectivity index (χ4v) is 3.53. The lowest BCUT2D eigenvalue weighted by Gasteiger charge is -2.01. The molecule has 3 heterocycles. The van der Waals surface area contributed by atoms with Crippen molar-refractivity contribution in [3.63, 3.8) is 0 Å². The Bertz CT molecular complexity index is 713. The number of aromatic nitrogens is 3. The van der Waals surface area contributed by atoms with E-state index in [1.54, 1.807) is 16.0 Å². The Balaban J connectivity index is 1.84. The summed E-state index contributed by atoms with van der Waals surface area (Å²) in [4.78, 5) is 5.64. The quantitative estimate of drug-likeness (QED) is 0.784. The Morgan fingerprint density at radius 3 is 2.84 bits per heavy atom. The summed E-state index contributed by atoms with van der Waals surface area (Å²) >= 11 is 9.04. The van der Waals surface area contributed by atoms with Crippen LogP contribution >= 0.6 is 34.3 Å². The molecule has 0 radical (unpaired) electrons. The van der Waals surface area contributed by atoms with Crippen LogP contribution in [0.5, 0.6) is 0 Å². The number of anilines is 2. The molecule has 0 aliphatic rings. The maximum atomic E-state index is 5.94. The van der Waals surface area contributed by atoms with Crippen LogP contribution in [0.3, 0.4) is 0 Å². The second-order valence-electron chi connectivity index (χ2n) is 4.06. The summed E-state index contributed by atoms with van der Waals surface area (Å²) in [5, 5.41) is 10.4. The monoisotopic (exact) mass is 310 g/mol. The number of nitrogens with zero attached hydrogens (tertiary/aromatic N) is 3. The standard InChI is InChI=1S/C12H11ClN4S2/c1-7-5-11(17(2)16-7)15-12-14-8(6-18-12)9-3-4-10(13)19-9/h3-6H,1-2H3,(H,14,15). The smallest absolute Gasteiger partial charge is 0.188 e. The molecule has 19 heavy (non-hydrogen) atoms. The summed E-state index contributed by atoms with van der Waals surface area (Å²) in [5.74, 6) is 0.933. The van der Waals surface area contributed by atoms with E-state index >= 15 is 0 Å². The first-order valence-electron chi connectivity index (χ1n) is 5.61. The number of thiazole rings is 1. The van der Waals surface area contributed by atoms with E-state index in [4.69, 9.17) is 11.6 Å². The molecule has 3 rings (SSSR count). The lowest BCUT2D eigenvalue weighted by molar-refractivity contribution is 0.765. The van der Waals surface area contributed by atoms with Gasteiger partial charge in [-0.15, -0.1) is 22.7 Å². The van der Waals surface area contributed by atoms with Crippen LogP contribution in [0.2, 0.25) is 4.34 Å². The number of thiophene rings is 1. The summed E-state index contributed by atoms with van der Waals surface area (Å²) in [6.45, 7) is 1.96. The van der Waals surface area contributed by atoms with E-state index in [-0.39, 0.29) is 0 Å². The fourth-order valence-electron chi connectivity index (χ4n) is 1.73. The van der Waals surface area contributed by atoms with Crippen LogP contribution in [-0.2, 0) is 7.05 Å². The fraction of sp³-hybridized carbons (Fsp3) is 0.167. The highest BCUT2D eigenvalue weighted by molar-refractivity contribution is 7.20. The first-order valence-corrected chi connectivity index (χ1v) is 7.68. The van der Waals surface area contributed by atoms with E-state index in [0.29, 0.717) is 0 Å². The van der Waals surface area contributed by atoms with E-state index in [2.05, 4.69) is 15.4 Å². The van der Waals surface area contributed by atoms with Crippen molar-refractivity contribution in [1.29, 1.82) is 0 Å². The zero-order valence-electron chi connectivity index (χ0n) is 10.3. The van der Waals surface area contributed by atoms with Gasteiger partial charge in [0.05, 0.1) is 20.6 Å². The van der Waals surface area contributed by atoms with Gasteiger partial charge in [-0.3, -0.25) is 4.68 Å². The van der Waals surface area contributed by atoms with Crippen molar-refractivity contribution >= 4 is 45.2 Å². The predicted octanol–water partition coefficient (Wildman–Crippen LogP) is 4.31. The molecule has 0 fully saturated rings. The number of halogens is 1. The molecule has 3 aromatic heterocycles. The molecule has 0 bridgehead atoms. The molecule has 0 amide bonds. The van der Waals surface area contributed by atoms with E-state index < -0.39 is 0 Å². The Morgan fingerprint density at radius 2 is 2.21 bits per heavy atom. The number of hydrogen-bond acceptors (Lipinski definition) is 5. The van der Waals surface area contributed by atoms with Crippen molar-refractivity contribution in [2.75, 3.05) is 5.32 Å². The van der Waals surface area contributed by atoms with Gasteiger partial charge >= 0.3 is 0 Å². The van der Waals surface area contributed by atoms with Gasteiger partial charge in [0.25, 0.3) is 0 Å². The summed E-state index contributed by atoms with van der Waals surface area (Å²) in [6, 6.07) is 5.86. The van der Waals surface area contributed by atoms with E-state index in [1.165, 1.54) is 11.3 Å². The van der Waals surface area contributed by atoms with Gasteiger partial charge in [-0.1, -0.05) is 11.6 Å². The van der Waals surface area contributed by atoms with Crippen LogP contribution in [0.25, 0.3) is 10.6 Å². The van der Waals surface area contributed by atoms with Crippen molar-refractivity contribution in [2.45, 2.75) is 6.92 Å². The number of hydrogen-bond donors (Lipinski definition) is 1. The predicted molar refractivity (Wildman–Crippen MR) is 81.7 cm³/mol. The molecule has 0 unspecified atom stereocenters. The van der Waals surface area contributed by atoms with Crippen molar-refractivity contribution < 1.29 is 0 Å². The minimum Gasteiger partial charge on any atom is -0.316 e. The van der Waals surface area contributed by atoms with E-state index in [0.717, 1.165) is 31.6 Å². The number of rotatable bonds is 3. The molecule has 4 nitrogen and oxygen atoms in total. The first-order chi connectivity index (χ1) is 9.11. The lowest BCUT2D eigenvalue weighted by Crippen LogP contribution is -1.98. The van der Waals surface area contributed by atoms with Crippen molar-refractivity contribution in [3.8, 4) is 10.6 Å². The van der Waals surface area contributed by atoms with Crippen molar-refractivity contribution in [2.24, 2.45) is 7.05 Å². The third kappa shape index (κ3) is 2.65. The first kappa shape index (κ1) is 12.7. The maximum Gasteiger partial charge on any atom is 0.188 e. The Labute approximate surface area is 123 Å². The van der Waals surface area contributed by atoms with E-state index in [1.807, 2.05) is 37.6 Å². The van der Waals surface area contributed by atoms with Gasteiger partial charge in [-0.2, -0.15) is 5.10 Å². The molecule has 98 valence electrons. The average Bonchev–Trinajstić information content (AvgIpc) is 3.02. The highest BCUT2D eigenvalue weighted by Crippen LogP contribution is 2.33. The third-order valence-corrected chi connectivity index (χ3v) is 4.58. The molecule has 0 saturated carbocycles. The zero-order valence-corrected chi connectivity index (χ0v) is 12.7. The molecule has 7 heteroatoms. The second-order valence-corrected chi connectivity index (χ2v) is 6.63. The summed E-state index contributed by atoms with van der Waals surface area (Å²) in [7, 11) is 1.91. The van der Waals surface area contributed by atoms with Gasteiger partial charge < -0.3 is 5.32 Å². The SMILES string of the molecule is Cc1cc(Nc2nc(-c3ccc(Cl)s3)cs2)n(C)n1. The van der Waals surface area contributed by atoms with Crippen molar-refractivity contribution in [3.05, 3.63) is 33.6 Å². The normalized spacial score (nSPS) is 10.9. The molecular formula is C12H11ClN4S2. The minimum atomic E-state index is 0.778. The summed E-state index contributed by atoms with van der Waals surface area (Å²) < 4.78 is 2.58. The van der Waals surface area contributed by atoms with Gasteiger partial charge in [-0.25, -0.2) is 4.98 Å². The van der Waals surface area contributed by atoms with Crippen LogP contribution in [-0.4, -0.2) is 14.8 Å². The number of aryl methyl sites for hydroxylation is 2. The molecule has 0 atom stereocenters. The highest BCUT2D eigenvalue weighted by atomic mass is 35.5. The van der Waals surface area contributed by atoms with Crippen LogP contribution in [0.1, 0.15) is 5.69 Å². The Kier molecular flexibility index (Phi) is 3.30. The Morgan fingerprint density at radius 1 is 1.37 bits per heavy atom. The second kappa shape index (κ2) is 4.96. The maximum absolute atomic E-state index is 5.94. The number of nitrogens with one attached hydrogen (secondary N) is 1.